The predicted molar refractivity (Wildman–Crippen MR) is 178 cm³/mol. The Hall–Kier alpha value is -3.43. The number of aliphatic hydroxyl groups excluding tert-OH is 1. The molecule has 2 aromatic rings. The van der Waals surface area contributed by atoms with E-state index < -0.39 is 29.6 Å². The number of likely N-dealkylation sites (tertiary alicyclic amines) is 2. The fourth-order valence-corrected chi connectivity index (χ4v) is 7.38. The highest BCUT2D eigenvalue weighted by Crippen LogP contribution is 2.28. The number of hydrogen-bond acceptors (Lipinski definition) is 10. The first-order valence-electron chi connectivity index (χ1n) is 16.2. The minimum Gasteiger partial charge on any atom is -0.480 e. The average molecular weight is 670 g/mol. The number of nitrogens with zero attached hydrogens (tertiary/aromatic N) is 5. The van der Waals surface area contributed by atoms with Gasteiger partial charge >= 0.3 is 5.97 Å². The molecule has 5 rings (SSSR count). The summed E-state index contributed by atoms with van der Waals surface area (Å²) >= 11 is 1.58. The molecule has 47 heavy (non-hydrogen) atoms. The third-order valence-corrected chi connectivity index (χ3v) is 10.3. The molecule has 3 aliphatic rings. The molecule has 14 heteroatoms. The molecule has 3 atom stereocenters. The fraction of sp³-hybridized carbons (Fsp3) is 0.606. The van der Waals surface area contributed by atoms with Crippen molar-refractivity contribution in [3.05, 3.63) is 41.0 Å². The second-order valence-corrected chi connectivity index (χ2v) is 14.9. The van der Waals surface area contributed by atoms with E-state index in [1.807, 2.05) is 67.3 Å². The van der Waals surface area contributed by atoms with Crippen molar-refractivity contribution in [1.82, 2.24) is 35.2 Å². The second-order valence-electron chi connectivity index (χ2n) is 14.0. The number of nitrogens with one attached hydrogen (secondary N) is 2. The van der Waals surface area contributed by atoms with Gasteiger partial charge in [-0.3, -0.25) is 33.9 Å². The minimum absolute atomic E-state index is 0.0236. The zero-order valence-corrected chi connectivity index (χ0v) is 28.5. The molecule has 3 fully saturated rings. The van der Waals surface area contributed by atoms with Crippen LogP contribution in [0.1, 0.15) is 38.4 Å². The van der Waals surface area contributed by atoms with Crippen molar-refractivity contribution in [2.45, 2.75) is 64.9 Å². The highest BCUT2D eigenvalue weighted by molar-refractivity contribution is 7.13. The number of aliphatic carboxylic acids is 1. The largest absolute Gasteiger partial charge is 0.480 e. The van der Waals surface area contributed by atoms with Gasteiger partial charge in [0.05, 0.1) is 35.3 Å². The molecule has 4 N–H and O–H groups in total. The summed E-state index contributed by atoms with van der Waals surface area (Å²) in [7, 11) is 0. The standard InChI is InChI=1S/C33H47N7O6S/c1-21-29(47-20-35-21)23-7-5-22(6-8-23)14-34-31(45)26-13-25(41)17-40(26)32(46)30(33(2,3)4)36-27(42)18-38-15-24(16-38)39-11-9-37(10-12-39)19-28(43)44/h5-8,20,24-26,30,41H,9-19H2,1-4H3,(H,34,45)(H,36,42)(H,43,44)/t25-,26+,30-/m1/s1. The molecule has 0 bridgehead atoms. The molecule has 0 radical (unpaired) electrons. The number of carbonyl (C=O) groups excluding carboxylic acids is 3. The van der Waals surface area contributed by atoms with E-state index in [0.717, 1.165) is 47.9 Å². The van der Waals surface area contributed by atoms with Gasteiger partial charge in [-0.1, -0.05) is 45.0 Å². The van der Waals surface area contributed by atoms with Crippen LogP contribution in [0.3, 0.4) is 0 Å². The van der Waals surface area contributed by atoms with Gasteiger partial charge in [-0.2, -0.15) is 0 Å². The first kappa shape index (κ1) is 34.9. The summed E-state index contributed by atoms with van der Waals surface area (Å²) in [6.45, 7) is 12.6. The molecule has 4 heterocycles. The molecule has 0 unspecified atom stereocenters. The zero-order valence-electron chi connectivity index (χ0n) is 27.6. The molecular formula is C33H47N7O6S. The highest BCUT2D eigenvalue weighted by atomic mass is 32.1. The lowest BCUT2D eigenvalue weighted by atomic mass is 9.85. The maximum absolute atomic E-state index is 13.9. The van der Waals surface area contributed by atoms with Gasteiger partial charge in [-0.25, -0.2) is 4.98 Å². The van der Waals surface area contributed by atoms with Gasteiger partial charge in [-0.05, 0) is 23.5 Å². The molecule has 0 saturated carbocycles. The fourth-order valence-electron chi connectivity index (χ4n) is 6.57. The van der Waals surface area contributed by atoms with Crippen LogP contribution in [0.5, 0.6) is 0 Å². The number of carbonyl (C=O) groups is 4. The number of hydrogen-bond donors (Lipinski definition) is 4. The van der Waals surface area contributed by atoms with E-state index in [1.54, 1.807) is 11.3 Å². The Balaban J connectivity index is 1.12. The normalized spacial score (nSPS) is 22.1. The number of carboxylic acids is 1. The van der Waals surface area contributed by atoms with Crippen molar-refractivity contribution in [2.24, 2.45) is 5.41 Å². The summed E-state index contributed by atoms with van der Waals surface area (Å²) in [5.41, 5.74) is 4.13. The van der Waals surface area contributed by atoms with Crippen molar-refractivity contribution >= 4 is 35.0 Å². The lowest BCUT2D eigenvalue weighted by molar-refractivity contribution is -0.144. The Morgan fingerprint density at radius 2 is 1.68 bits per heavy atom. The smallest absolute Gasteiger partial charge is 0.317 e. The first-order valence-corrected chi connectivity index (χ1v) is 17.1. The van der Waals surface area contributed by atoms with Gasteiger partial charge in [0.2, 0.25) is 17.7 Å². The van der Waals surface area contributed by atoms with Gasteiger partial charge in [0.25, 0.3) is 0 Å². The second kappa shape index (κ2) is 14.8. The highest BCUT2D eigenvalue weighted by Gasteiger charge is 2.45. The van der Waals surface area contributed by atoms with Gasteiger partial charge in [0.1, 0.15) is 12.1 Å². The van der Waals surface area contributed by atoms with Crippen LogP contribution in [0.2, 0.25) is 0 Å². The van der Waals surface area contributed by atoms with Crippen LogP contribution in [-0.2, 0) is 25.7 Å². The molecule has 3 aliphatic heterocycles. The Morgan fingerprint density at radius 3 is 2.28 bits per heavy atom. The van der Waals surface area contributed by atoms with Gasteiger partial charge < -0.3 is 25.7 Å². The molecule has 3 saturated heterocycles. The maximum atomic E-state index is 13.9. The van der Waals surface area contributed by atoms with Crippen molar-refractivity contribution < 1.29 is 29.4 Å². The molecule has 1 aromatic heterocycles. The molecule has 0 aliphatic carbocycles. The zero-order chi connectivity index (χ0) is 33.9. The number of piperazine rings is 1. The molecule has 1 aromatic carbocycles. The summed E-state index contributed by atoms with van der Waals surface area (Å²) in [5, 5.41) is 25.4. The topological polar surface area (TPSA) is 159 Å². The summed E-state index contributed by atoms with van der Waals surface area (Å²) < 4.78 is 0. The number of thiazole rings is 1. The van der Waals surface area contributed by atoms with E-state index >= 15 is 0 Å². The van der Waals surface area contributed by atoms with E-state index in [-0.39, 0.29) is 50.3 Å². The number of aliphatic hydroxyl groups is 1. The van der Waals surface area contributed by atoms with Crippen molar-refractivity contribution in [3.63, 3.8) is 0 Å². The van der Waals surface area contributed by atoms with Gasteiger partial charge in [0, 0.05) is 64.8 Å². The van der Waals surface area contributed by atoms with Crippen LogP contribution in [0.15, 0.2) is 29.8 Å². The molecular weight excluding hydrogens is 622 g/mol. The van der Waals surface area contributed by atoms with Crippen LogP contribution in [-0.4, -0.2) is 142 Å². The van der Waals surface area contributed by atoms with Gasteiger partial charge in [-0.15, -0.1) is 11.3 Å². The first-order chi connectivity index (χ1) is 22.3. The van der Waals surface area contributed by atoms with E-state index in [4.69, 9.17) is 5.11 Å². The molecule has 3 amide bonds. The Kier molecular flexibility index (Phi) is 11.0. The minimum atomic E-state index is -0.877. The average Bonchev–Trinajstić information content (AvgIpc) is 3.61. The summed E-state index contributed by atoms with van der Waals surface area (Å²) in [6.07, 6.45) is -0.705. The van der Waals surface area contributed by atoms with Crippen molar-refractivity contribution in [1.29, 1.82) is 0 Å². The molecule has 13 nitrogen and oxygen atoms in total. The number of carboxylic acid groups (broad SMARTS) is 1. The number of aromatic nitrogens is 1. The monoisotopic (exact) mass is 669 g/mol. The quantitative estimate of drug-likeness (QED) is 0.267. The van der Waals surface area contributed by atoms with Crippen LogP contribution >= 0.6 is 11.3 Å². The predicted octanol–water partition coefficient (Wildman–Crippen LogP) is 0.614. The van der Waals surface area contributed by atoms with E-state index in [0.29, 0.717) is 19.1 Å². The number of β-amino-alcohol motifs (C(OH)–C–C–N with tert-alkyl or cyclic N) is 1. The Morgan fingerprint density at radius 1 is 1.00 bits per heavy atom. The lowest BCUT2D eigenvalue weighted by Crippen LogP contribution is -2.65. The Bertz CT molecular complexity index is 1430. The molecule has 0 spiro atoms. The molecule has 256 valence electrons. The summed E-state index contributed by atoms with van der Waals surface area (Å²) in [4.78, 5) is 64.5. The van der Waals surface area contributed by atoms with Crippen LogP contribution in [0, 0.1) is 12.3 Å². The third-order valence-electron chi connectivity index (χ3n) is 9.30. The van der Waals surface area contributed by atoms with Crippen LogP contribution < -0.4 is 10.6 Å². The van der Waals surface area contributed by atoms with E-state index in [9.17, 15) is 24.3 Å². The van der Waals surface area contributed by atoms with Gasteiger partial charge in [0.15, 0.2) is 0 Å². The van der Waals surface area contributed by atoms with E-state index in [1.165, 1.54) is 4.90 Å². The van der Waals surface area contributed by atoms with Crippen molar-refractivity contribution in [3.8, 4) is 10.4 Å². The van der Waals surface area contributed by atoms with Crippen molar-refractivity contribution in [2.75, 3.05) is 58.9 Å². The number of rotatable bonds is 11. The SMILES string of the molecule is Cc1ncsc1-c1ccc(CNC(=O)[C@@H]2C[C@@H](O)CN2C(=O)[C@@H](NC(=O)CN2CC(N3CCN(CC(=O)O)CC3)C2)C(C)(C)C)cc1. The Labute approximate surface area is 279 Å². The maximum Gasteiger partial charge on any atom is 0.317 e. The van der Waals surface area contributed by atoms with Crippen LogP contribution in [0.4, 0.5) is 0 Å². The van der Waals surface area contributed by atoms with E-state index in [2.05, 4.69) is 20.5 Å². The number of aryl methyl sites for hydroxylation is 1. The lowest BCUT2D eigenvalue weighted by Gasteiger charge is -2.48. The third kappa shape index (κ3) is 8.73. The number of amides is 3. The summed E-state index contributed by atoms with van der Waals surface area (Å²) in [6, 6.07) is 6.51. The number of benzene rings is 1. The summed E-state index contributed by atoms with van der Waals surface area (Å²) in [5.74, 6) is -1.80. The van der Waals surface area contributed by atoms with Crippen LogP contribution in [0.25, 0.3) is 10.4 Å².